The van der Waals surface area contributed by atoms with Gasteiger partial charge in [-0.1, -0.05) is 33.3 Å². The van der Waals surface area contributed by atoms with Gasteiger partial charge in [0.15, 0.2) is 0 Å². The van der Waals surface area contributed by atoms with E-state index in [1.807, 2.05) is 20.8 Å². The van der Waals surface area contributed by atoms with Crippen molar-refractivity contribution in [1.29, 1.82) is 0 Å². The maximum atomic E-state index is 11.7. The smallest absolute Gasteiger partial charge is 0.407 e. The minimum atomic E-state index is -0.728. The number of unbranched alkanes of at least 4 members (excludes halogenated alkanes) is 1. The average molecular weight is 271 g/mol. The molecule has 0 bridgehead atoms. The Bertz CT molecular complexity index is 289. The van der Waals surface area contributed by atoms with Crippen LogP contribution in [-0.2, 0) is 14.3 Å². The van der Waals surface area contributed by atoms with Gasteiger partial charge in [-0.25, -0.2) is 9.59 Å². The van der Waals surface area contributed by atoms with Gasteiger partial charge in [-0.05, 0) is 18.8 Å². The van der Waals surface area contributed by atoms with E-state index in [1.165, 1.54) is 0 Å². The Balaban J connectivity index is 4.19. The van der Waals surface area contributed by atoms with Crippen LogP contribution in [0.25, 0.3) is 0 Å². The second-order valence-corrected chi connectivity index (χ2v) is 4.73. The first-order chi connectivity index (χ1) is 9.01. The van der Waals surface area contributed by atoms with Gasteiger partial charge in [0, 0.05) is 0 Å². The molecule has 1 atom stereocenters. The van der Waals surface area contributed by atoms with Crippen molar-refractivity contribution in [3.63, 3.8) is 0 Å². The van der Waals surface area contributed by atoms with Crippen LogP contribution in [-0.4, -0.2) is 31.3 Å². The fourth-order valence-electron chi connectivity index (χ4n) is 1.22. The molecule has 1 unspecified atom stereocenters. The highest BCUT2D eigenvalue weighted by atomic mass is 16.6. The second kappa shape index (κ2) is 10.4. The van der Waals surface area contributed by atoms with Crippen LogP contribution in [0, 0.1) is 5.92 Å². The van der Waals surface area contributed by atoms with Gasteiger partial charge in [-0.2, -0.15) is 0 Å². The van der Waals surface area contributed by atoms with Crippen LogP contribution < -0.4 is 5.32 Å². The first kappa shape index (κ1) is 17.5. The molecule has 5 nitrogen and oxygen atoms in total. The molecule has 0 saturated heterocycles. The standard InChI is InChI=1S/C14H25NO4/c1-5-7-9-18-13(16)12(8-6-2)15-14(17)19-10-11(3)4/h6,11-12H,2,5,7-10H2,1,3-4H3,(H,15,17). The molecule has 0 aliphatic carbocycles. The highest BCUT2D eigenvalue weighted by Gasteiger charge is 2.21. The third-order valence-corrected chi connectivity index (χ3v) is 2.27. The molecule has 0 aliphatic rings. The molecule has 1 N–H and O–H groups in total. The number of esters is 1. The molecule has 0 heterocycles. The Morgan fingerprint density at radius 1 is 1.32 bits per heavy atom. The molecule has 0 rings (SSSR count). The van der Waals surface area contributed by atoms with E-state index in [0.29, 0.717) is 19.6 Å². The topological polar surface area (TPSA) is 64.6 Å². The predicted molar refractivity (Wildman–Crippen MR) is 73.8 cm³/mol. The third-order valence-electron chi connectivity index (χ3n) is 2.27. The van der Waals surface area contributed by atoms with Crippen LogP contribution in [0.5, 0.6) is 0 Å². The van der Waals surface area contributed by atoms with Crippen LogP contribution in [0.4, 0.5) is 4.79 Å². The van der Waals surface area contributed by atoms with Crippen molar-refractivity contribution in [1.82, 2.24) is 5.32 Å². The molecule has 0 aliphatic heterocycles. The zero-order valence-electron chi connectivity index (χ0n) is 12.1. The van der Waals surface area contributed by atoms with E-state index in [2.05, 4.69) is 11.9 Å². The molecule has 5 heteroatoms. The van der Waals surface area contributed by atoms with Crippen molar-refractivity contribution in [2.75, 3.05) is 13.2 Å². The van der Waals surface area contributed by atoms with Crippen molar-refractivity contribution in [3.05, 3.63) is 12.7 Å². The molecule has 0 fully saturated rings. The molecule has 0 spiro atoms. The summed E-state index contributed by atoms with van der Waals surface area (Å²) in [6.07, 6.45) is 3.04. The van der Waals surface area contributed by atoms with Crippen molar-refractivity contribution in [3.8, 4) is 0 Å². The predicted octanol–water partition coefficient (Wildman–Crippen LogP) is 2.66. The SMILES string of the molecule is C=CCC(NC(=O)OCC(C)C)C(=O)OCCCC. The van der Waals surface area contributed by atoms with Crippen LogP contribution >= 0.6 is 0 Å². The maximum absolute atomic E-state index is 11.7. The monoisotopic (exact) mass is 271 g/mol. The molecule has 1 amide bonds. The van der Waals surface area contributed by atoms with Gasteiger partial charge < -0.3 is 14.8 Å². The van der Waals surface area contributed by atoms with Gasteiger partial charge in [-0.3, -0.25) is 0 Å². The lowest BCUT2D eigenvalue weighted by molar-refractivity contribution is -0.146. The third kappa shape index (κ3) is 9.11. The quantitative estimate of drug-likeness (QED) is 0.398. The number of rotatable bonds is 9. The lowest BCUT2D eigenvalue weighted by Crippen LogP contribution is -2.42. The van der Waals surface area contributed by atoms with E-state index in [1.54, 1.807) is 6.08 Å². The molecular formula is C14H25NO4. The van der Waals surface area contributed by atoms with E-state index in [-0.39, 0.29) is 5.92 Å². The number of hydrogen-bond donors (Lipinski definition) is 1. The molecule has 0 radical (unpaired) electrons. The minimum Gasteiger partial charge on any atom is -0.464 e. The van der Waals surface area contributed by atoms with Crippen molar-refractivity contribution >= 4 is 12.1 Å². The normalized spacial score (nSPS) is 11.8. The number of carbonyl (C=O) groups is 2. The van der Waals surface area contributed by atoms with E-state index >= 15 is 0 Å². The molecular weight excluding hydrogens is 246 g/mol. The van der Waals surface area contributed by atoms with Gasteiger partial charge in [0.05, 0.1) is 13.2 Å². The minimum absolute atomic E-state index is 0.250. The zero-order valence-corrected chi connectivity index (χ0v) is 12.1. The Labute approximate surface area is 115 Å². The first-order valence-corrected chi connectivity index (χ1v) is 6.72. The highest BCUT2D eigenvalue weighted by Crippen LogP contribution is 2.00. The van der Waals surface area contributed by atoms with Crippen molar-refractivity contribution < 1.29 is 19.1 Å². The molecule has 0 aromatic heterocycles. The summed E-state index contributed by atoms with van der Waals surface area (Å²) in [6, 6.07) is -0.728. The van der Waals surface area contributed by atoms with E-state index in [4.69, 9.17) is 9.47 Å². The summed E-state index contributed by atoms with van der Waals surface area (Å²) in [5, 5.41) is 2.49. The number of nitrogens with one attached hydrogen (secondary N) is 1. The van der Waals surface area contributed by atoms with Gasteiger partial charge >= 0.3 is 12.1 Å². The summed E-state index contributed by atoms with van der Waals surface area (Å²) in [6.45, 7) is 10.1. The Kier molecular flexibility index (Phi) is 9.57. The highest BCUT2D eigenvalue weighted by molar-refractivity contribution is 5.81. The van der Waals surface area contributed by atoms with Crippen LogP contribution in [0.15, 0.2) is 12.7 Å². The summed E-state index contributed by atoms with van der Waals surface area (Å²) >= 11 is 0. The van der Waals surface area contributed by atoms with Crippen LogP contribution in [0.3, 0.4) is 0 Å². The van der Waals surface area contributed by atoms with Crippen LogP contribution in [0.2, 0.25) is 0 Å². The van der Waals surface area contributed by atoms with Gasteiger partial charge in [0.1, 0.15) is 6.04 Å². The lowest BCUT2D eigenvalue weighted by Gasteiger charge is -2.16. The van der Waals surface area contributed by atoms with Gasteiger partial charge in [-0.15, -0.1) is 6.58 Å². The molecule has 0 aromatic carbocycles. The number of ether oxygens (including phenoxy) is 2. The largest absolute Gasteiger partial charge is 0.464 e. The maximum Gasteiger partial charge on any atom is 0.407 e. The fraction of sp³-hybridized carbons (Fsp3) is 0.714. The molecule has 110 valence electrons. The molecule has 0 saturated carbocycles. The summed E-state index contributed by atoms with van der Waals surface area (Å²) < 4.78 is 10.0. The summed E-state index contributed by atoms with van der Waals surface area (Å²) in [5.41, 5.74) is 0. The van der Waals surface area contributed by atoms with Gasteiger partial charge in [0.2, 0.25) is 0 Å². The second-order valence-electron chi connectivity index (χ2n) is 4.73. The molecule has 19 heavy (non-hydrogen) atoms. The number of hydrogen-bond acceptors (Lipinski definition) is 4. The Morgan fingerprint density at radius 2 is 2.00 bits per heavy atom. The fourth-order valence-corrected chi connectivity index (χ4v) is 1.22. The lowest BCUT2D eigenvalue weighted by atomic mass is 10.2. The summed E-state index contributed by atoms with van der Waals surface area (Å²) in [4.78, 5) is 23.2. The Morgan fingerprint density at radius 3 is 2.53 bits per heavy atom. The van der Waals surface area contributed by atoms with Crippen molar-refractivity contribution in [2.24, 2.45) is 5.92 Å². The van der Waals surface area contributed by atoms with E-state index in [0.717, 1.165) is 12.8 Å². The van der Waals surface area contributed by atoms with Crippen molar-refractivity contribution in [2.45, 2.75) is 46.1 Å². The van der Waals surface area contributed by atoms with E-state index < -0.39 is 18.1 Å². The van der Waals surface area contributed by atoms with E-state index in [9.17, 15) is 9.59 Å². The zero-order chi connectivity index (χ0) is 14.7. The number of alkyl carbamates (subject to hydrolysis) is 1. The summed E-state index contributed by atoms with van der Waals surface area (Å²) in [5.74, 6) is -0.199. The average Bonchev–Trinajstić information content (AvgIpc) is 2.36. The summed E-state index contributed by atoms with van der Waals surface area (Å²) in [7, 11) is 0. The Hall–Kier alpha value is -1.52. The van der Waals surface area contributed by atoms with Crippen LogP contribution in [0.1, 0.15) is 40.0 Å². The number of amides is 1. The molecule has 0 aromatic rings. The van der Waals surface area contributed by atoms with Gasteiger partial charge in [0.25, 0.3) is 0 Å². The first-order valence-electron chi connectivity index (χ1n) is 6.72. The number of carbonyl (C=O) groups excluding carboxylic acids is 2.